The van der Waals surface area contributed by atoms with Crippen LogP contribution in [0.15, 0.2) is 24.3 Å². The molecule has 0 aliphatic heterocycles. The van der Waals surface area contributed by atoms with Gasteiger partial charge < -0.3 is 25.6 Å². The first-order valence-corrected chi connectivity index (χ1v) is 8.20. The van der Waals surface area contributed by atoms with E-state index in [4.69, 9.17) is 4.74 Å². The third kappa shape index (κ3) is 8.09. The highest BCUT2D eigenvalue weighted by Gasteiger charge is 2.21. The van der Waals surface area contributed by atoms with Gasteiger partial charge in [-0.15, -0.1) is 0 Å². The Balaban J connectivity index is 2.55. The monoisotopic (exact) mass is 366 g/mol. The quantitative estimate of drug-likeness (QED) is 0.542. The van der Waals surface area contributed by atoms with Crippen LogP contribution in [0.25, 0.3) is 0 Å². The molecule has 2 unspecified atom stereocenters. The van der Waals surface area contributed by atoms with Gasteiger partial charge in [0.25, 0.3) is 0 Å². The van der Waals surface area contributed by atoms with Crippen LogP contribution < -0.4 is 10.6 Å². The smallest absolute Gasteiger partial charge is 0.407 e. The molecule has 0 radical (unpaired) electrons. The molecule has 0 aliphatic rings. The van der Waals surface area contributed by atoms with Crippen molar-refractivity contribution in [2.24, 2.45) is 0 Å². The number of nitrogens with one attached hydrogen (secondary N) is 2. The van der Waals surface area contributed by atoms with Crippen LogP contribution in [-0.4, -0.2) is 46.2 Å². The lowest BCUT2D eigenvalue weighted by Crippen LogP contribution is -2.38. The number of hydrogen-bond donors (Lipinski definition) is 4. The van der Waals surface area contributed by atoms with E-state index in [1.54, 1.807) is 32.9 Å². The van der Waals surface area contributed by atoms with Gasteiger partial charge in [-0.05, 0) is 45.4 Å². The van der Waals surface area contributed by atoms with E-state index < -0.39 is 29.8 Å². The maximum Gasteiger partial charge on any atom is 0.407 e. The summed E-state index contributed by atoms with van der Waals surface area (Å²) in [6.45, 7) is 6.29. The first-order valence-electron chi connectivity index (χ1n) is 8.20. The molecule has 0 fully saturated rings. The fourth-order valence-electron chi connectivity index (χ4n) is 2.03. The molecular formula is C18H26N2O6. The molecule has 0 aliphatic carbocycles. The van der Waals surface area contributed by atoms with Gasteiger partial charge in [0.15, 0.2) is 0 Å². The maximum absolute atomic E-state index is 11.6. The molecule has 0 saturated carbocycles. The zero-order valence-corrected chi connectivity index (χ0v) is 15.4. The summed E-state index contributed by atoms with van der Waals surface area (Å²) in [4.78, 5) is 34.0. The molecule has 2 amide bonds. The molecule has 0 bridgehead atoms. The predicted octanol–water partition coefficient (Wildman–Crippen LogP) is 1.52. The summed E-state index contributed by atoms with van der Waals surface area (Å²) in [5, 5.41) is 25.1. The van der Waals surface area contributed by atoms with E-state index in [1.807, 2.05) is 0 Å². The number of amides is 2. The Labute approximate surface area is 152 Å². The Morgan fingerprint density at radius 2 is 1.69 bits per heavy atom. The van der Waals surface area contributed by atoms with Gasteiger partial charge in [-0.2, -0.15) is 0 Å². The summed E-state index contributed by atoms with van der Waals surface area (Å²) in [5.74, 6) is -0.664. The van der Waals surface area contributed by atoms with Gasteiger partial charge >= 0.3 is 6.09 Å². The van der Waals surface area contributed by atoms with Crippen molar-refractivity contribution in [2.75, 3.05) is 11.9 Å². The molecule has 2 atom stereocenters. The standard InChI is InChI=1S/C18H26N2O6/c1-11(21)9-15(23)20-13-7-5-12(6-8-13)16(24)14(22)10-19-17(25)26-18(2,3)4/h5-8,14,16,22,24H,9-10H2,1-4H3,(H,19,25)(H,20,23). The zero-order chi connectivity index (χ0) is 19.9. The van der Waals surface area contributed by atoms with Gasteiger partial charge in [-0.1, -0.05) is 12.1 Å². The predicted molar refractivity (Wildman–Crippen MR) is 95.6 cm³/mol. The van der Waals surface area contributed by atoms with Gasteiger partial charge in [0.2, 0.25) is 5.91 Å². The van der Waals surface area contributed by atoms with Crippen molar-refractivity contribution in [3.05, 3.63) is 29.8 Å². The Bertz CT molecular complexity index is 636. The lowest BCUT2D eigenvalue weighted by atomic mass is 10.0. The molecule has 8 heteroatoms. The van der Waals surface area contributed by atoms with Crippen molar-refractivity contribution >= 4 is 23.5 Å². The first kappa shape index (κ1) is 21.6. The van der Waals surface area contributed by atoms with Crippen molar-refractivity contribution in [3.63, 3.8) is 0 Å². The number of aliphatic hydroxyl groups excluding tert-OH is 2. The minimum atomic E-state index is -1.24. The lowest BCUT2D eigenvalue weighted by Gasteiger charge is -2.22. The fraction of sp³-hybridized carbons (Fsp3) is 0.500. The number of carbonyl (C=O) groups is 3. The number of ketones is 1. The lowest BCUT2D eigenvalue weighted by molar-refractivity contribution is -0.124. The Morgan fingerprint density at radius 1 is 1.12 bits per heavy atom. The van der Waals surface area contributed by atoms with Gasteiger partial charge in [0, 0.05) is 12.2 Å². The van der Waals surface area contributed by atoms with Gasteiger partial charge in [-0.25, -0.2) is 4.79 Å². The van der Waals surface area contributed by atoms with Crippen LogP contribution in [0.2, 0.25) is 0 Å². The first-order chi connectivity index (χ1) is 12.0. The van der Waals surface area contributed by atoms with Crippen molar-refractivity contribution in [1.29, 1.82) is 0 Å². The van der Waals surface area contributed by atoms with Crippen LogP contribution in [0.3, 0.4) is 0 Å². The average molecular weight is 366 g/mol. The molecule has 0 spiro atoms. The van der Waals surface area contributed by atoms with Crippen LogP contribution in [0.4, 0.5) is 10.5 Å². The van der Waals surface area contributed by atoms with E-state index in [1.165, 1.54) is 19.1 Å². The number of rotatable bonds is 7. The number of carbonyl (C=O) groups excluding carboxylic acids is 3. The second-order valence-electron chi connectivity index (χ2n) is 6.94. The molecule has 144 valence electrons. The summed E-state index contributed by atoms with van der Waals surface area (Å²) in [5.41, 5.74) is 0.220. The number of ether oxygens (including phenoxy) is 1. The summed E-state index contributed by atoms with van der Waals surface area (Å²) in [6.07, 6.45) is -3.36. The maximum atomic E-state index is 11.6. The van der Waals surface area contributed by atoms with Crippen molar-refractivity contribution < 1.29 is 29.3 Å². The third-order valence-corrected chi connectivity index (χ3v) is 3.16. The number of hydrogen-bond acceptors (Lipinski definition) is 6. The molecular weight excluding hydrogens is 340 g/mol. The highest BCUT2D eigenvalue weighted by molar-refractivity contribution is 6.03. The van der Waals surface area contributed by atoms with Crippen molar-refractivity contribution in [3.8, 4) is 0 Å². The highest BCUT2D eigenvalue weighted by atomic mass is 16.6. The minimum absolute atomic E-state index is 0.187. The Hall–Kier alpha value is -2.45. The third-order valence-electron chi connectivity index (χ3n) is 3.16. The minimum Gasteiger partial charge on any atom is -0.444 e. The normalized spacial score (nSPS) is 13.5. The Kier molecular flexibility index (Phi) is 7.73. The molecule has 0 aromatic heterocycles. The van der Waals surface area contributed by atoms with Gasteiger partial charge in [-0.3, -0.25) is 9.59 Å². The van der Waals surface area contributed by atoms with Crippen molar-refractivity contribution in [1.82, 2.24) is 5.32 Å². The number of aliphatic hydroxyl groups is 2. The van der Waals surface area contributed by atoms with Crippen LogP contribution in [0.5, 0.6) is 0 Å². The summed E-state index contributed by atoms with van der Waals surface area (Å²) in [6, 6.07) is 6.16. The number of alkyl carbamates (subject to hydrolysis) is 1. The second-order valence-corrected chi connectivity index (χ2v) is 6.94. The summed E-state index contributed by atoms with van der Waals surface area (Å²) >= 11 is 0. The van der Waals surface area contributed by atoms with Crippen LogP contribution in [-0.2, 0) is 14.3 Å². The van der Waals surface area contributed by atoms with Gasteiger partial charge in [0.05, 0.1) is 6.42 Å². The van der Waals surface area contributed by atoms with Crippen molar-refractivity contribution in [2.45, 2.75) is 51.9 Å². The molecule has 0 saturated heterocycles. The molecule has 1 aromatic rings. The molecule has 4 N–H and O–H groups in total. The number of Topliss-reactive ketones (excluding diaryl/α,β-unsaturated/α-hetero) is 1. The highest BCUT2D eigenvalue weighted by Crippen LogP contribution is 2.19. The second kappa shape index (κ2) is 9.30. The number of benzene rings is 1. The van der Waals surface area contributed by atoms with Gasteiger partial charge in [0.1, 0.15) is 23.6 Å². The van der Waals surface area contributed by atoms with Crippen LogP contribution in [0, 0.1) is 0 Å². The zero-order valence-electron chi connectivity index (χ0n) is 15.4. The van der Waals surface area contributed by atoms with E-state index in [-0.39, 0.29) is 18.7 Å². The van der Waals surface area contributed by atoms with E-state index in [2.05, 4.69) is 10.6 Å². The summed E-state index contributed by atoms with van der Waals surface area (Å²) in [7, 11) is 0. The average Bonchev–Trinajstić information content (AvgIpc) is 2.50. The SMILES string of the molecule is CC(=O)CC(=O)Nc1ccc(C(O)C(O)CNC(=O)OC(C)(C)C)cc1. The largest absolute Gasteiger partial charge is 0.444 e. The van der Waals surface area contributed by atoms with E-state index in [0.29, 0.717) is 11.3 Å². The van der Waals surface area contributed by atoms with Crippen LogP contribution in [0.1, 0.15) is 45.8 Å². The summed E-state index contributed by atoms with van der Waals surface area (Å²) < 4.78 is 5.05. The molecule has 0 heterocycles. The number of anilines is 1. The molecule has 1 aromatic carbocycles. The Morgan fingerprint density at radius 3 is 2.19 bits per heavy atom. The fourth-order valence-corrected chi connectivity index (χ4v) is 2.03. The van der Waals surface area contributed by atoms with E-state index in [0.717, 1.165) is 0 Å². The molecule has 1 rings (SSSR count). The molecule has 8 nitrogen and oxygen atoms in total. The van der Waals surface area contributed by atoms with E-state index >= 15 is 0 Å². The topological polar surface area (TPSA) is 125 Å². The van der Waals surface area contributed by atoms with E-state index in [9.17, 15) is 24.6 Å². The molecule has 26 heavy (non-hydrogen) atoms. The van der Waals surface area contributed by atoms with Crippen LogP contribution >= 0.6 is 0 Å².